The van der Waals surface area contributed by atoms with Gasteiger partial charge in [-0.25, -0.2) is 4.98 Å². The van der Waals surface area contributed by atoms with Crippen LogP contribution in [-0.4, -0.2) is 15.6 Å². The highest BCUT2D eigenvalue weighted by Crippen LogP contribution is 2.18. The molecule has 3 nitrogen and oxygen atoms in total. The highest BCUT2D eigenvalue weighted by Gasteiger charge is 2.15. The molecular formula is C10H20BrN3. The first kappa shape index (κ1) is 13.7. The number of rotatable bonds is 5. The maximum absolute atomic E-state index is 6.05. The molecule has 0 aliphatic carbocycles. The quantitative estimate of drug-likeness (QED) is 0.886. The lowest BCUT2D eigenvalue weighted by Crippen LogP contribution is -2.31. The number of halogens is 1. The predicted octanol–water partition coefficient (Wildman–Crippen LogP) is 2.54. The molecule has 0 aliphatic rings. The molecule has 0 radical (unpaired) electrons. The van der Waals surface area contributed by atoms with Crippen molar-refractivity contribution in [3.8, 4) is 0 Å². The van der Waals surface area contributed by atoms with Gasteiger partial charge in [0.2, 0.25) is 0 Å². The van der Waals surface area contributed by atoms with Crippen molar-refractivity contribution in [2.75, 3.05) is 0 Å². The standard InChI is InChI=1S/C10H19N3.BrH/c1-3-5-10(9(11)4-2)13-7-6-12-8-13;/h6-10H,3-5,11H2,1-2H3;1H. The Balaban J connectivity index is 0.00000169. The molecular weight excluding hydrogens is 242 g/mol. The van der Waals surface area contributed by atoms with Gasteiger partial charge in [-0.2, -0.15) is 0 Å². The summed E-state index contributed by atoms with van der Waals surface area (Å²) in [5.41, 5.74) is 6.05. The van der Waals surface area contributed by atoms with Gasteiger partial charge < -0.3 is 10.3 Å². The van der Waals surface area contributed by atoms with E-state index in [1.54, 1.807) is 0 Å². The highest BCUT2D eigenvalue weighted by molar-refractivity contribution is 8.93. The summed E-state index contributed by atoms with van der Waals surface area (Å²) in [4.78, 5) is 4.05. The van der Waals surface area contributed by atoms with Gasteiger partial charge in [-0.3, -0.25) is 0 Å². The Kier molecular flexibility index (Phi) is 6.83. The topological polar surface area (TPSA) is 43.8 Å². The zero-order valence-electron chi connectivity index (χ0n) is 8.89. The zero-order valence-corrected chi connectivity index (χ0v) is 10.6. The van der Waals surface area contributed by atoms with Crippen LogP contribution in [0, 0.1) is 0 Å². The molecule has 0 aliphatic heterocycles. The Hall–Kier alpha value is -0.350. The van der Waals surface area contributed by atoms with Gasteiger partial charge in [-0.15, -0.1) is 17.0 Å². The van der Waals surface area contributed by atoms with Crippen LogP contribution in [0.5, 0.6) is 0 Å². The van der Waals surface area contributed by atoms with Gasteiger partial charge in [-0.05, 0) is 12.8 Å². The van der Waals surface area contributed by atoms with E-state index in [9.17, 15) is 0 Å². The molecule has 0 bridgehead atoms. The fourth-order valence-electron chi connectivity index (χ4n) is 1.62. The van der Waals surface area contributed by atoms with Crippen molar-refractivity contribution < 1.29 is 0 Å². The summed E-state index contributed by atoms with van der Waals surface area (Å²) in [5, 5.41) is 0. The molecule has 2 unspecified atom stereocenters. The second kappa shape index (κ2) is 7.01. The second-order valence-corrected chi connectivity index (χ2v) is 3.44. The smallest absolute Gasteiger partial charge is 0.0949 e. The van der Waals surface area contributed by atoms with Crippen molar-refractivity contribution in [2.24, 2.45) is 5.73 Å². The number of aromatic nitrogens is 2. The minimum atomic E-state index is 0. The molecule has 1 aromatic heterocycles. The molecule has 0 amide bonds. The van der Waals surface area contributed by atoms with Crippen LogP contribution in [0.1, 0.15) is 39.2 Å². The minimum absolute atomic E-state index is 0. The summed E-state index contributed by atoms with van der Waals surface area (Å²) < 4.78 is 2.12. The normalized spacial score (nSPS) is 14.5. The average molecular weight is 262 g/mol. The molecule has 4 heteroatoms. The van der Waals surface area contributed by atoms with E-state index in [4.69, 9.17) is 5.73 Å². The van der Waals surface area contributed by atoms with Crippen LogP contribution >= 0.6 is 17.0 Å². The van der Waals surface area contributed by atoms with Crippen LogP contribution in [0.2, 0.25) is 0 Å². The minimum Gasteiger partial charge on any atom is -0.333 e. The van der Waals surface area contributed by atoms with Crippen molar-refractivity contribution in [2.45, 2.75) is 45.2 Å². The number of nitrogens with zero attached hydrogens (tertiary/aromatic N) is 2. The fraction of sp³-hybridized carbons (Fsp3) is 0.700. The van der Waals surface area contributed by atoms with Gasteiger partial charge in [0.05, 0.1) is 6.33 Å². The third-order valence-electron chi connectivity index (χ3n) is 2.46. The molecule has 1 rings (SSSR count). The summed E-state index contributed by atoms with van der Waals surface area (Å²) in [6.07, 6.45) is 8.97. The molecule has 2 atom stereocenters. The van der Waals surface area contributed by atoms with Crippen LogP contribution < -0.4 is 5.73 Å². The maximum atomic E-state index is 6.05. The molecule has 0 saturated heterocycles. The van der Waals surface area contributed by atoms with Crippen LogP contribution in [0.25, 0.3) is 0 Å². The fourth-order valence-corrected chi connectivity index (χ4v) is 1.62. The predicted molar refractivity (Wildman–Crippen MR) is 64.8 cm³/mol. The van der Waals surface area contributed by atoms with Crippen LogP contribution in [0.15, 0.2) is 18.7 Å². The Bertz CT molecular complexity index is 223. The molecule has 1 heterocycles. The average Bonchev–Trinajstić information content (AvgIpc) is 2.65. The van der Waals surface area contributed by atoms with Crippen molar-refractivity contribution in [3.63, 3.8) is 0 Å². The lowest BCUT2D eigenvalue weighted by atomic mass is 10.0. The molecule has 14 heavy (non-hydrogen) atoms. The van der Waals surface area contributed by atoms with Crippen LogP contribution in [0.3, 0.4) is 0 Å². The summed E-state index contributed by atoms with van der Waals surface area (Å²) in [6.45, 7) is 4.32. The SMILES string of the molecule is Br.CCCC(C(N)CC)n1ccnc1. The monoisotopic (exact) mass is 261 g/mol. The molecule has 82 valence electrons. The molecule has 1 aromatic rings. The van der Waals surface area contributed by atoms with E-state index in [1.807, 2.05) is 18.7 Å². The van der Waals surface area contributed by atoms with Crippen molar-refractivity contribution in [3.05, 3.63) is 18.7 Å². The lowest BCUT2D eigenvalue weighted by molar-refractivity contribution is 0.373. The molecule has 2 N–H and O–H groups in total. The maximum Gasteiger partial charge on any atom is 0.0949 e. The second-order valence-electron chi connectivity index (χ2n) is 3.44. The van der Waals surface area contributed by atoms with Crippen molar-refractivity contribution in [1.29, 1.82) is 0 Å². The van der Waals surface area contributed by atoms with Gasteiger partial charge in [0.1, 0.15) is 0 Å². The summed E-state index contributed by atoms with van der Waals surface area (Å²) >= 11 is 0. The van der Waals surface area contributed by atoms with Gasteiger partial charge in [0, 0.05) is 24.5 Å². The third-order valence-corrected chi connectivity index (χ3v) is 2.46. The molecule has 0 fully saturated rings. The van der Waals surface area contributed by atoms with Gasteiger partial charge in [-0.1, -0.05) is 20.3 Å². The van der Waals surface area contributed by atoms with E-state index in [1.165, 1.54) is 0 Å². The third kappa shape index (κ3) is 3.42. The Morgan fingerprint density at radius 2 is 2.14 bits per heavy atom. The summed E-state index contributed by atoms with van der Waals surface area (Å²) in [6, 6.07) is 0.659. The largest absolute Gasteiger partial charge is 0.333 e. The van der Waals surface area contributed by atoms with E-state index in [-0.39, 0.29) is 23.0 Å². The number of hydrogen-bond acceptors (Lipinski definition) is 2. The van der Waals surface area contributed by atoms with Gasteiger partial charge in [0.15, 0.2) is 0 Å². The molecule has 0 saturated carbocycles. The number of nitrogens with two attached hydrogens (primary N) is 1. The van der Waals surface area contributed by atoms with Crippen molar-refractivity contribution in [1.82, 2.24) is 9.55 Å². The summed E-state index contributed by atoms with van der Waals surface area (Å²) in [7, 11) is 0. The van der Waals surface area contributed by atoms with E-state index in [0.717, 1.165) is 19.3 Å². The highest BCUT2D eigenvalue weighted by atomic mass is 79.9. The Morgan fingerprint density at radius 3 is 2.57 bits per heavy atom. The molecule has 0 aromatic carbocycles. The van der Waals surface area contributed by atoms with E-state index < -0.39 is 0 Å². The van der Waals surface area contributed by atoms with Gasteiger partial charge in [0.25, 0.3) is 0 Å². The van der Waals surface area contributed by atoms with Crippen LogP contribution in [-0.2, 0) is 0 Å². The zero-order chi connectivity index (χ0) is 9.68. The summed E-state index contributed by atoms with van der Waals surface area (Å²) in [5.74, 6) is 0. The lowest BCUT2D eigenvalue weighted by Gasteiger charge is -2.23. The first-order valence-corrected chi connectivity index (χ1v) is 5.02. The first-order chi connectivity index (χ1) is 6.29. The molecule has 0 spiro atoms. The first-order valence-electron chi connectivity index (χ1n) is 5.02. The van der Waals surface area contributed by atoms with Crippen molar-refractivity contribution >= 4 is 17.0 Å². The Labute approximate surface area is 96.5 Å². The van der Waals surface area contributed by atoms with E-state index >= 15 is 0 Å². The Morgan fingerprint density at radius 1 is 1.43 bits per heavy atom. The van der Waals surface area contributed by atoms with Crippen LogP contribution in [0.4, 0.5) is 0 Å². The number of imidazole rings is 1. The van der Waals surface area contributed by atoms with E-state index in [0.29, 0.717) is 6.04 Å². The van der Waals surface area contributed by atoms with Gasteiger partial charge >= 0.3 is 0 Å². The number of hydrogen-bond donors (Lipinski definition) is 1. The van der Waals surface area contributed by atoms with E-state index in [2.05, 4.69) is 23.4 Å².